The summed E-state index contributed by atoms with van der Waals surface area (Å²) >= 11 is 0. The van der Waals surface area contributed by atoms with E-state index in [2.05, 4.69) is 9.88 Å². The van der Waals surface area contributed by atoms with Crippen molar-refractivity contribution in [2.45, 2.75) is 32.4 Å². The Labute approximate surface area is 187 Å². The van der Waals surface area contributed by atoms with Crippen LogP contribution in [0.5, 0.6) is 0 Å². The van der Waals surface area contributed by atoms with Crippen molar-refractivity contribution in [3.8, 4) is 16.9 Å². The molecule has 4 aromatic rings. The van der Waals surface area contributed by atoms with E-state index < -0.39 is 33.4 Å². The van der Waals surface area contributed by atoms with Crippen LogP contribution >= 0.6 is 0 Å². The minimum Gasteiger partial charge on any atom is -0.354 e. The van der Waals surface area contributed by atoms with Crippen molar-refractivity contribution in [3.63, 3.8) is 0 Å². The van der Waals surface area contributed by atoms with Crippen LogP contribution in [0, 0.1) is 11.6 Å². The van der Waals surface area contributed by atoms with Gasteiger partial charge in [-0.2, -0.15) is 0 Å². The number of halogens is 2. The highest BCUT2D eigenvalue weighted by atomic mass is 32.2. The summed E-state index contributed by atoms with van der Waals surface area (Å²) in [5.41, 5.74) is 0.405. The molecule has 0 bridgehead atoms. The minimum absolute atomic E-state index is 0.0599. The molecule has 8 nitrogen and oxygen atoms in total. The largest absolute Gasteiger partial charge is 0.354 e. The Morgan fingerprint density at radius 2 is 1.88 bits per heavy atom. The molecule has 0 aliphatic carbocycles. The summed E-state index contributed by atoms with van der Waals surface area (Å²) in [6.45, 7) is 3.53. The summed E-state index contributed by atoms with van der Waals surface area (Å²) in [5.74, 6) is -1.73. The first-order chi connectivity index (χ1) is 15.7. The van der Waals surface area contributed by atoms with Gasteiger partial charge in [0.05, 0.1) is 16.7 Å². The van der Waals surface area contributed by atoms with Crippen LogP contribution in [0.2, 0.25) is 0 Å². The molecule has 0 saturated carbocycles. The number of benzene rings is 2. The number of aromatic nitrogens is 3. The van der Waals surface area contributed by atoms with Crippen LogP contribution < -0.4 is 10.4 Å². The molecule has 5 rings (SSSR count). The molecule has 0 amide bonds. The van der Waals surface area contributed by atoms with Gasteiger partial charge in [0.2, 0.25) is 10.0 Å². The summed E-state index contributed by atoms with van der Waals surface area (Å²) in [7, 11) is -3.44. The van der Waals surface area contributed by atoms with Gasteiger partial charge in [-0.05, 0) is 25.1 Å². The maximum Gasteiger partial charge on any atom is 0.334 e. The SMILES string of the molecule is CCS(=O)(=O)N[C@H]1Cn2c(cn(-c3noc4cccc(-c5c(F)cccc5F)c34)c2=O)[C@H]1C. The average Bonchev–Trinajstić information content (AvgIpc) is 3.43. The van der Waals surface area contributed by atoms with Gasteiger partial charge in [-0.1, -0.05) is 30.3 Å². The fraction of sp³-hybridized carbons (Fsp3) is 0.273. The van der Waals surface area contributed by atoms with Gasteiger partial charge in [0, 0.05) is 36.0 Å². The van der Waals surface area contributed by atoms with Gasteiger partial charge in [0.1, 0.15) is 11.6 Å². The van der Waals surface area contributed by atoms with Gasteiger partial charge >= 0.3 is 5.69 Å². The van der Waals surface area contributed by atoms with Crippen LogP contribution in [0.4, 0.5) is 8.78 Å². The van der Waals surface area contributed by atoms with Crippen molar-refractivity contribution in [3.05, 3.63) is 70.4 Å². The molecule has 1 aliphatic heterocycles. The Hall–Kier alpha value is -3.31. The van der Waals surface area contributed by atoms with Crippen molar-refractivity contribution < 1.29 is 21.7 Å². The summed E-state index contributed by atoms with van der Waals surface area (Å²) in [6.07, 6.45) is 1.57. The molecule has 33 heavy (non-hydrogen) atoms. The standard InChI is InChI=1S/C22H20F2N4O4S/c1-3-33(30,31)26-16-10-27-17(12(16)2)11-28(22(27)29)21-20-13(6-4-9-18(20)32-25-21)19-14(23)7-5-8-15(19)24/h4-9,11-12,16,26H,3,10H2,1-2H3/t12-,16-/m0/s1. The molecule has 11 heteroatoms. The minimum atomic E-state index is -3.44. The number of imidazole rings is 1. The van der Waals surface area contributed by atoms with E-state index in [1.807, 2.05) is 6.92 Å². The molecular formula is C22H20F2N4O4S. The third-order valence-electron chi connectivity index (χ3n) is 6.11. The van der Waals surface area contributed by atoms with Gasteiger partial charge < -0.3 is 4.52 Å². The van der Waals surface area contributed by atoms with E-state index >= 15 is 0 Å². The summed E-state index contributed by atoms with van der Waals surface area (Å²) in [5, 5.41) is 4.31. The van der Waals surface area contributed by atoms with Gasteiger partial charge in [-0.25, -0.2) is 31.3 Å². The van der Waals surface area contributed by atoms with Gasteiger partial charge in [-0.15, -0.1) is 0 Å². The van der Waals surface area contributed by atoms with E-state index in [4.69, 9.17) is 4.52 Å². The number of nitrogens with zero attached hydrogens (tertiary/aromatic N) is 3. The molecule has 2 aromatic carbocycles. The zero-order chi connectivity index (χ0) is 23.5. The fourth-order valence-corrected chi connectivity index (χ4v) is 5.22. The predicted octanol–water partition coefficient (Wildman–Crippen LogP) is 3.15. The first-order valence-corrected chi connectivity index (χ1v) is 12.0. The maximum absolute atomic E-state index is 14.6. The molecule has 3 heterocycles. The van der Waals surface area contributed by atoms with Gasteiger partial charge in [0.25, 0.3) is 0 Å². The molecule has 0 unspecified atom stereocenters. The number of rotatable bonds is 5. The number of nitrogens with one attached hydrogen (secondary N) is 1. The van der Waals surface area contributed by atoms with E-state index in [0.29, 0.717) is 11.1 Å². The molecular weight excluding hydrogens is 454 g/mol. The monoisotopic (exact) mass is 474 g/mol. The molecule has 0 saturated heterocycles. The molecule has 1 N–H and O–H groups in total. The van der Waals surface area contributed by atoms with Crippen LogP contribution in [0.3, 0.4) is 0 Å². The van der Waals surface area contributed by atoms with E-state index in [1.165, 1.54) is 21.3 Å². The number of sulfonamides is 1. The van der Waals surface area contributed by atoms with E-state index in [-0.39, 0.29) is 40.7 Å². The fourth-order valence-electron chi connectivity index (χ4n) is 4.31. The zero-order valence-electron chi connectivity index (χ0n) is 17.7. The molecule has 2 atom stereocenters. The topological polar surface area (TPSA) is 99.1 Å². The highest BCUT2D eigenvalue weighted by molar-refractivity contribution is 7.89. The molecule has 2 aromatic heterocycles. The molecule has 0 fully saturated rings. The molecule has 172 valence electrons. The number of fused-ring (bicyclic) bond motifs is 2. The van der Waals surface area contributed by atoms with Crippen molar-refractivity contribution in [2.24, 2.45) is 0 Å². The Bertz CT molecular complexity index is 1530. The Balaban J connectivity index is 1.64. The lowest BCUT2D eigenvalue weighted by Crippen LogP contribution is -2.39. The van der Waals surface area contributed by atoms with Gasteiger partial charge in [0.15, 0.2) is 11.4 Å². The van der Waals surface area contributed by atoms with Crippen molar-refractivity contribution >= 4 is 21.0 Å². The Morgan fingerprint density at radius 3 is 2.55 bits per heavy atom. The summed E-state index contributed by atoms with van der Waals surface area (Å²) in [4.78, 5) is 13.2. The number of hydrogen-bond acceptors (Lipinski definition) is 5. The molecule has 1 aliphatic rings. The Morgan fingerprint density at radius 1 is 1.18 bits per heavy atom. The van der Waals surface area contributed by atoms with E-state index in [0.717, 1.165) is 12.1 Å². The van der Waals surface area contributed by atoms with Crippen LogP contribution in [0.1, 0.15) is 25.5 Å². The van der Waals surface area contributed by atoms with Crippen molar-refractivity contribution in [1.29, 1.82) is 0 Å². The predicted molar refractivity (Wildman–Crippen MR) is 118 cm³/mol. The maximum atomic E-state index is 14.6. The van der Waals surface area contributed by atoms with E-state index in [9.17, 15) is 22.0 Å². The second kappa shape index (κ2) is 7.63. The normalized spacial score (nSPS) is 18.2. The van der Waals surface area contributed by atoms with Crippen molar-refractivity contribution in [2.75, 3.05) is 5.75 Å². The zero-order valence-corrected chi connectivity index (χ0v) is 18.6. The highest BCUT2D eigenvalue weighted by Crippen LogP contribution is 2.36. The average molecular weight is 474 g/mol. The number of hydrogen-bond donors (Lipinski definition) is 1. The third kappa shape index (κ3) is 3.39. The van der Waals surface area contributed by atoms with Gasteiger partial charge in [-0.3, -0.25) is 4.57 Å². The van der Waals surface area contributed by atoms with Crippen LogP contribution in [0.25, 0.3) is 27.9 Å². The van der Waals surface area contributed by atoms with Crippen LogP contribution in [-0.2, 0) is 16.6 Å². The highest BCUT2D eigenvalue weighted by Gasteiger charge is 2.35. The quantitative estimate of drug-likeness (QED) is 0.479. The lowest BCUT2D eigenvalue weighted by Gasteiger charge is -2.16. The summed E-state index contributed by atoms with van der Waals surface area (Å²) in [6, 6.07) is 7.86. The lowest BCUT2D eigenvalue weighted by molar-refractivity contribution is 0.450. The third-order valence-corrected chi connectivity index (χ3v) is 7.53. The smallest absolute Gasteiger partial charge is 0.334 e. The first-order valence-electron chi connectivity index (χ1n) is 10.4. The molecule has 0 radical (unpaired) electrons. The van der Waals surface area contributed by atoms with Crippen LogP contribution in [-0.4, -0.2) is 34.5 Å². The molecule has 0 spiro atoms. The summed E-state index contributed by atoms with van der Waals surface area (Å²) < 4.78 is 63.8. The van der Waals surface area contributed by atoms with Crippen molar-refractivity contribution in [1.82, 2.24) is 19.0 Å². The second-order valence-electron chi connectivity index (χ2n) is 8.02. The van der Waals surface area contributed by atoms with Crippen LogP contribution in [0.15, 0.2) is 51.9 Å². The van der Waals surface area contributed by atoms with E-state index in [1.54, 1.807) is 25.3 Å². The first kappa shape index (κ1) is 21.5. The Kier molecular flexibility index (Phi) is 4.98. The lowest BCUT2D eigenvalue weighted by atomic mass is 10.0. The second-order valence-corrected chi connectivity index (χ2v) is 10.1.